The van der Waals surface area contributed by atoms with Crippen LogP contribution in [0.5, 0.6) is 11.5 Å². The van der Waals surface area contributed by atoms with Gasteiger partial charge < -0.3 is 20.1 Å². The highest BCUT2D eigenvalue weighted by Crippen LogP contribution is 2.44. The number of anilines is 1. The summed E-state index contributed by atoms with van der Waals surface area (Å²) in [5.41, 5.74) is 5.73. The second-order valence-electron chi connectivity index (χ2n) is 10.6. The number of halogens is 1. The van der Waals surface area contributed by atoms with Crippen LogP contribution < -0.4 is 4.90 Å². The van der Waals surface area contributed by atoms with Crippen LogP contribution in [0, 0.1) is 5.82 Å². The summed E-state index contributed by atoms with van der Waals surface area (Å²) in [5.74, 6) is -0.159. The number of rotatable bonds is 8. The van der Waals surface area contributed by atoms with Gasteiger partial charge in [0.05, 0.1) is 6.10 Å². The summed E-state index contributed by atoms with van der Waals surface area (Å²) in [6, 6.07) is 35.7. The number of benzene rings is 5. The number of phenols is 2. The molecule has 7 heteroatoms. The van der Waals surface area contributed by atoms with E-state index in [4.69, 9.17) is 17.0 Å². The lowest BCUT2D eigenvalue weighted by Crippen LogP contribution is -2.29. The first-order chi connectivity index (χ1) is 20.9. The van der Waals surface area contributed by atoms with Gasteiger partial charge in [0.25, 0.3) is 5.17 Å². The first-order valence-electron chi connectivity index (χ1n) is 14.1. The molecule has 5 aromatic rings. The van der Waals surface area contributed by atoms with Crippen molar-refractivity contribution in [3.8, 4) is 33.8 Å². The Morgan fingerprint density at radius 2 is 1.40 bits per heavy atom. The van der Waals surface area contributed by atoms with Gasteiger partial charge in [-0.1, -0.05) is 78.9 Å². The van der Waals surface area contributed by atoms with Gasteiger partial charge in [0.1, 0.15) is 29.5 Å². The van der Waals surface area contributed by atoms with E-state index in [0.717, 1.165) is 27.9 Å². The maximum atomic E-state index is 13.4. The fourth-order valence-electron chi connectivity index (χ4n) is 5.63. The van der Waals surface area contributed by atoms with Crippen LogP contribution in [0.25, 0.3) is 22.3 Å². The molecule has 1 unspecified atom stereocenters. The zero-order valence-electron chi connectivity index (χ0n) is 23.2. The smallest absolute Gasteiger partial charge is 0.264 e. The van der Waals surface area contributed by atoms with E-state index in [2.05, 4.69) is 12.1 Å². The number of aliphatic hydroxyl groups excluding tert-OH is 1. The quantitative estimate of drug-likeness (QED) is 0.158. The zero-order chi connectivity index (χ0) is 29.9. The molecule has 3 atom stereocenters. The van der Waals surface area contributed by atoms with E-state index in [9.17, 15) is 19.7 Å². The second-order valence-corrected chi connectivity index (χ2v) is 11.0. The number of aliphatic hydroxyl groups is 1. The molecule has 3 N–H and O–H groups in total. The average Bonchev–Trinajstić information content (AvgIpc) is 3.36. The molecular weight excluding hydrogens is 561 g/mol. The fourth-order valence-corrected chi connectivity index (χ4v) is 5.97. The maximum absolute atomic E-state index is 13.4. The molecule has 5 nitrogen and oxygen atoms in total. The Bertz CT molecular complexity index is 1730. The number of aromatic hydroxyl groups is 2. The van der Waals surface area contributed by atoms with E-state index in [1.807, 2.05) is 65.6 Å². The van der Waals surface area contributed by atoms with Gasteiger partial charge >= 0.3 is 0 Å². The van der Waals surface area contributed by atoms with E-state index in [1.165, 1.54) is 12.1 Å². The molecule has 1 heterocycles. The highest BCUT2D eigenvalue weighted by molar-refractivity contribution is 7.80. The molecule has 5 aromatic carbocycles. The Hall–Kier alpha value is -4.72. The van der Waals surface area contributed by atoms with Crippen LogP contribution >= 0.6 is 12.2 Å². The molecule has 0 amide bonds. The summed E-state index contributed by atoms with van der Waals surface area (Å²) in [6.07, 6.45) is -0.526. The summed E-state index contributed by atoms with van der Waals surface area (Å²) >= 11 is 5.74. The van der Waals surface area contributed by atoms with Gasteiger partial charge in [-0.05, 0) is 95.3 Å². The summed E-state index contributed by atoms with van der Waals surface area (Å²) in [4.78, 5) is 1.90. The van der Waals surface area contributed by atoms with Crippen LogP contribution in [0.4, 0.5) is 10.1 Å². The molecule has 0 aliphatic carbocycles. The molecule has 0 saturated carbocycles. The van der Waals surface area contributed by atoms with Crippen LogP contribution in [0.1, 0.15) is 36.1 Å². The molecule has 216 valence electrons. The van der Waals surface area contributed by atoms with Crippen molar-refractivity contribution >= 4 is 23.1 Å². The largest absolute Gasteiger partial charge is 0.508 e. The zero-order valence-corrected chi connectivity index (χ0v) is 24.0. The number of thiocarbonyl (C=S) groups is 1. The highest BCUT2D eigenvalue weighted by atomic mass is 32.1. The van der Waals surface area contributed by atoms with Crippen molar-refractivity contribution in [2.45, 2.75) is 31.1 Å². The third kappa shape index (κ3) is 6.09. The van der Waals surface area contributed by atoms with Crippen LogP contribution in [0.3, 0.4) is 0 Å². The first-order valence-corrected chi connectivity index (χ1v) is 14.5. The number of phenolic OH excluding ortho intramolecular Hbond substituents is 2. The minimum atomic E-state index is -0.820. The van der Waals surface area contributed by atoms with Crippen molar-refractivity contribution < 1.29 is 24.4 Å². The fraction of sp³-hybridized carbons (Fsp3) is 0.139. The first kappa shape index (κ1) is 28.4. The molecule has 0 spiro atoms. The minimum Gasteiger partial charge on any atom is -0.508 e. The van der Waals surface area contributed by atoms with Gasteiger partial charge in [-0.2, -0.15) is 0 Å². The Kier molecular flexibility index (Phi) is 8.09. The summed E-state index contributed by atoms with van der Waals surface area (Å²) in [5, 5.41) is 32.4. The Balaban J connectivity index is 1.33. The number of hydrogen-bond donors (Lipinski definition) is 3. The van der Waals surface area contributed by atoms with Crippen molar-refractivity contribution in [3.63, 3.8) is 0 Å². The molecule has 0 bridgehead atoms. The number of hydrogen-bond acceptors (Lipinski definition) is 5. The Morgan fingerprint density at radius 3 is 2.09 bits per heavy atom. The molecule has 1 fully saturated rings. The van der Waals surface area contributed by atoms with Gasteiger partial charge in [-0.15, -0.1) is 0 Å². The lowest BCUT2D eigenvalue weighted by Gasteiger charge is -2.27. The lowest BCUT2D eigenvalue weighted by molar-refractivity contribution is 0.126. The van der Waals surface area contributed by atoms with Crippen LogP contribution in [-0.4, -0.2) is 26.6 Å². The summed E-state index contributed by atoms with van der Waals surface area (Å²) in [6.45, 7) is 0. The molecule has 0 radical (unpaired) electrons. The van der Waals surface area contributed by atoms with Gasteiger partial charge in [-0.3, -0.25) is 4.90 Å². The standard InChI is InChI=1S/C36H30FNO4S/c37-28-14-9-25(10-15-28)32(40)19-20-34-35(31-18-13-27(22-33(31)41)26-7-4-8-30(39)21-26)38(36(43)42-34)29-16-11-24(12-17-29)23-5-2-1-3-6-23/h1-18,21-22,32,34-35,39-41H,19-20H2/t32?,34-,35-/m1/s1. The van der Waals surface area contributed by atoms with Crippen molar-refractivity contribution in [2.75, 3.05) is 4.90 Å². The molecule has 0 aromatic heterocycles. The predicted octanol–water partition coefficient (Wildman–Crippen LogP) is 8.32. The van der Waals surface area contributed by atoms with Crippen LogP contribution in [0.15, 0.2) is 121 Å². The third-order valence-electron chi connectivity index (χ3n) is 7.84. The Morgan fingerprint density at radius 1 is 0.744 bits per heavy atom. The Labute approximate surface area is 255 Å². The topological polar surface area (TPSA) is 73.2 Å². The van der Waals surface area contributed by atoms with Crippen molar-refractivity contribution in [1.82, 2.24) is 0 Å². The normalized spacial score (nSPS) is 17.1. The van der Waals surface area contributed by atoms with Crippen molar-refractivity contribution in [1.29, 1.82) is 0 Å². The third-order valence-corrected chi connectivity index (χ3v) is 8.13. The van der Waals surface area contributed by atoms with Crippen molar-refractivity contribution in [3.05, 3.63) is 138 Å². The summed E-state index contributed by atoms with van der Waals surface area (Å²) in [7, 11) is 0. The molecule has 1 saturated heterocycles. The van der Waals surface area contributed by atoms with Crippen LogP contribution in [-0.2, 0) is 4.74 Å². The van der Waals surface area contributed by atoms with E-state index in [0.29, 0.717) is 24.0 Å². The average molecular weight is 592 g/mol. The predicted molar refractivity (Wildman–Crippen MR) is 170 cm³/mol. The van der Waals surface area contributed by atoms with E-state index in [1.54, 1.807) is 36.4 Å². The number of nitrogens with zero attached hydrogens (tertiary/aromatic N) is 1. The molecule has 1 aliphatic heterocycles. The monoisotopic (exact) mass is 591 g/mol. The number of ether oxygens (including phenoxy) is 1. The van der Waals surface area contributed by atoms with Gasteiger partial charge in [0.15, 0.2) is 0 Å². The minimum absolute atomic E-state index is 0.0640. The lowest BCUT2D eigenvalue weighted by atomic mass is 9.92. The van der Waals surface area contributed by atoms with Crippen LogP contribution in [0.2, 0.25) is 0 Å². The summed E-state index contributed by atoms with van der Waals surface area (Å²) < 4.78 is 19.7. The van der Waals surface area contributed by atoms with Gasteiger partial charge in [0, 0.05) is 11.3 Å². The van der Waals surface area contributed by atoms with E-state index in [-0.39, 0.29) is 22.5 Å². The molecule has 6 rings (SSSR count). The van der Waals surface area contributed by atoms with Gasteiger partial charge in [0.2, 0.25) is 0 Å². The van der Waals surface area contributed by atoms with E-state index >= 15 is 0 Å². The highest BCUT2D eigenvalue weighted by Gasteiger charge is 2.42. The maximum Gasteiger partial charge on any atom is 0.264 e. The van der Waals surface area contributed by atoms with Crippen molar-refractivity contribution in [2.24, 2.45) is 0 Å². The van der Waals surface area contributed by atoms with E-state index < -0.39 is 18.2 Å². The molecule has 43 heavy (non-hydrogen) atoms. The molecule has 1 aliphatic rings. The molecular formula is C36H30FNO4S. The second kappa shape index (κ2) is 12.3. The van der Waals surface area contributed by atoms with Gasteiger partial charge in [-0.25, -0.2) is 4.39 Å². The SMILES string of the molecule is Oc1cccc(-c2ccc([C@@H]3[C@@H](CCC(O)c4ccc(F)cc4)OC(=S)N3c3ccc(-c4ccccc4)cc3)c(O)c2)c1.